The van der Waals surface area contributed by atoms with Crippen molar-refractivity contribution in [2.45, 2.75) is 51.5 Å². The molecule has 0 unspecified atom stereocenters. The molecule has 5 rings (SSSR count). The van der Waals surface area contributed by atoms with E-state index in [4.69, 9.17) is 14.2 Å². The van der Waals surface area contributed by atoms with E-state index < -0.39 is 0 Å². The monoisotopic (exact) mass is 234 g/mol. The molecule has 3 saturated heterocycles. The molecule has 0 aromatic carbocycles. The highest BCUT2D eigenvalue weighted by molar-refractivity contribution is 5.33. The van der Waals surface area contributed by atoms with Crippen LogP contribution in [-0.4, -0.2) is 24.8 Å². The second kappa shape index (κ2) is 2.79. The maximum absolute atomic E-state index is 6.13. The van der Waals surface area contributed by atoms with Crippen molar-refractivity contribution in [2.75, 3.05) is 0 Å². The zero-order valence-corrected chi connectivity index (χ0v) is 10.3. The first kappa shape index (κ1) is 9.54. The van der Waals surface area contributed by atoms with Crippen molar-refractivity contribution in [3.63, 3.8) is 0 Å². The number of rotatable bonds is 0. The highest BCUT2D eigenvalue weighted by Crippen LogP contribution is 2.67. The van der Waals surface area contributed by atoms with Gasteiger partial charge in [0.25, 0.3) is 0 Å². The van der Waals surface area contributed by atoms with E-state index in [1.165, 1.54) is 5.57 Å². The second-order valence-electron chi connectivity index (χ2n) is 6.46. The van der Waals surface area contributed by atoms with Crippen LogP contribution in [-0.2, 0) is 14.2 Å². The third kappa shape index (κ3) is 0.904. The lowest BCUT2D eigenvalue weighted by Crippen LogP contribution is -2.38. The van der Waals surface area contributed by atoms with Gasteiger partial charge in [-0.1, -0.05) is 11.1 Å². The maximum Gasteiger partial charge on any atom is 0.168 e. The number of hydrogen-bond donors (Lipinski definition) is 0. The van der Waals surface area contributed by atoms with Crippen molar-refractivity contribution >= 4 is 0 Å². The molecule has 0 radical (unpaired) electrons. The van der Waals surface area contributed by atoms with Gasteiger partial charge in [-0.3, -0.25) is 0 Å². The van der Waals surface area contributed by atoms with Crippen LogP contribution >= 0.6 is 0 Å². The van der Waals surface area contributed by atoms with Gasteiger partial charge in [0.1, 0.15) is 0 Å². The van der Waals surface area contributed by atoms with Gasteiger partial charge < -0.3 is 14.2 Å². The van der Waals surface area contributed by atoms with Crippen LogP contribution in [0.25, 0.3) is 0 Å². The standard InChI is InChI=1S/C14H18O3/c1-5(2)8-11-9-6-3-4-7-10(9)12(8)14(16-7)17-13(11)15-6/h6-7,9-14H,3-4H2,1-2H3/t6-,7+,9-,10+,11+,12-,13+,14-. The summed E-state index contributed by atoms with van der Waals surface area (Å²) in [6.45, 7) is 4.49. The van der Waals surface area contributed by atoms with Crippen LogP contribution in [0.1, 0.15) is 26.7 Å². The molecule has 3 heterocycles. The Morgan fingerprint density at radius 2 is 1.41 bits per heavy atom. The van der Waals surface area contributed by atoms with E-state index in [1.54, 1.807) is 5.57 Å². The third-order valence-electron chi connectivity index (χ3n) is 5.64. The van der Waals surface area contributed by atoms with Gasteiger partial charge in [-0.05, 0) is 26.7 Å². The minimum atomic E-state index is -0.0137. The normalized spacial score (nSPS) is 61.4. The Morgan fingerprint density at radius 1 is 0.882 bits per heavy atom. The predicted octanol–water partition coefficient (Wildman–Crippen LogP) is 2.08. The molecule has 5 aliphatic rings. The molecule has 2 aliphatic carbocycles. The minimum absolute atomic E-state index is 0.0137. The van der Waals surface area contributed by atoms with E-state index in [1.807, 2.05) is 0 Å². The molecule has 3 nitrogen and oxygen atoms in total. The summed E-state index contributed by atoms with van der Waals surface area (Å²) in [5.41, 5.74) is 3.09. The number of ether oxygens (including phenoxy) is 3. The maximum atomic E-state index is 6.13. The predicted molar refractivity (Wildman–Crippen MR) is 60.0 cm³/mol. The van der Waals surface area contributed by atoms with E-state index in [2.05, 4.69) is 13.8 Å². The van der Waals surface area contributed by atoms with Crippen LogP contribution in [0.5, 0.6) is 0 Å². The summed E-state index contributed by atoms with van der Waals surface area (Å²) in [5.74, 6) is 2.45. The molecule has 5 fully saturated rings. The lowest BCUT2D eigenvalue weighted by atomic mass is 9.75. The van der Waals surface area contributed by atoms with Gasteiger partial charge >= 0.3 is 0 Å². The molecule has 0 amide bonds. The first-order valence-corrected chi connectivity index (χ1v) is 6.89. The van der Waals surface area contributed by atoms with Crippen LogP contribution in [0.15, 0.2) is 11.1 Å². The lowest BCUT2D eigenvalue weighted by molar-refractivity contribution is -0.256. The Kier molecular flexibility index (Phi) is 1.56. The lowest BCUT2D eigenvalue weighted by Gasteiger charge is -2.33. The highest BCUT2D eigenvalue weighted by atomic mass is 16.8. The molecule has 2 bridgehead atoms. The summed E-state index contributed by atoms with van der Waals surface area (Å²) in [4.78, 5) is 0. The molecular weight excluding hydrogens is 216 g/mol. The molecule has 0 spiro atoms. The summed E-state index contributed by atoms with van der Waals surface area (Å²) >= 11 is 0. The summed E-state index contributed by atoms with van der Waals surface area (Å²) in [6, 6.07) is 0. The zero-order chi connectivity index (χ0) is 11.3. The Balaban J connectivity index is 1.77. The Labute approximate surface area is 101 Å². The minimum Gasteiger partial charge on any atom is -0.348 e. The average Bonchev–Trinajstić information content (AvgIpc) is 2.92. The van der Waals surface area contributed by atoms with Crippen LogP contribution in [0.3, 0.4) is 0 Å². The van der Waals surface area contributed by atoms with E-state index in [0.717, 1.165) is 12.8 Å². The van der Waals surface area contributed by atoms with Gasteiger partial charge in [0.05, 0.1) is 12.2 Å². The van der Waals surface area contributed by atoms with Crippen molar-refractivity contribution in [3.8, 4) is 0 Å². The van der Waals surface area contributed by atoms with E-state index in [-0.39, 0.29) is 12.6 Å². The molecule has 3 heteroatoms. The molecule has 2 saturated carbocycles. The average molecular weight is 234 g/mol. The Hall–Kier alpha value is -0.380. The van der Waals surface area contributed by atoms with Gasteiger partial charge in [-0.25, -0.2) is 0 Å². The molecule has 0 aromatic heterocycles. The van der Waals surface area contributed by atoms with Gasteiger partial charge in [-0.2, -0.15) is 0 Å². The quantitative estimate of drug-likeness (QED) is 0.601. The molecule has 0 aromatic rings. The van der Waals surface area contributed by atoms with Gasteiger partial charge in [0.2, 0.25) is 0 Å². The molecular formula is C14H18O3. The van der Waals surface area contributed by atoms with Crippen LogP contribution in [0.2, 0.25) is 0 Å². The fourth-order valence-electron chi connectivity index (χ4n) is 5.31. The first-order valence-electron chi connectivity index (χ1n) is 6.89. The largest absolute Gasteiger partial charge is 0.348 e. The summed E-state index contributed by atoms with van der Waals surface area (Å²) in [7, 11) is 0. The summed E-state index contributed by atoms with van der Waals surface area (Å²) < 4.78 is 18.3. The first-order chi connectivity index (χ1) is 8.25. The number of hydrogen-bond acceptors (Lipinski definition) is 3. The van der Waals surface area contributed by atoms with Crippen molar-refractivity contribution in [1.82, 2.24) is 0 Å². The van der Waals surface area contributed by atoms with E-state index >= 15 is 0 Å². The van der Waals surface area contributed by atoms with Crippen molar-refractivity contribution in [2.24, 2.45) is 23.7 Å². The zero-order valence-electron chi connectivity index (χ0n) is 10.3. The topological polar surface area (TPSA) is 27.7 Å². The SMILES string of the molecule is CC(C)=C1[C@@H]2[C@@H]3O[C@H]4O[C@H]5CC[C@@H](O3)[C@@H]2[C@H]5[C@@H]14. The van der Waals surface area contributed by atoms with Crippen LogP contribution in [0, 0.1) is 23.7 Å². The Bertz CT molecular complexity index is 393. The summed E-state index contributed by atoms with van der Waals surface area (Å²) in [6.07, 6.45) is 3.18. The fraction of sp³-hybridized carbons (Fsp3) is 0.857. The van der Waals surface area contributed by atoms with E-state index in [9.17, 15) is 0 Å². The highest BCUT2D eigenvalue weighted by Gasteiger charge is 2.70. The van der Waals surface area contributed by atoms with Gasteiger partial charge in [0, 0.05) is 23.7 Å². The second-order valence-corrected chi connectivity index (χ2v) is 6.46. The van der Waals surface area contributed by atoms with E-state index in [0.29, 0.717) is 35.9 Å². The smallest absolute Gasteiger partial charge is 0.168 e. The third-order valence-corrected chi connectivity index (χ3v) is 5.64. The summed E-state index contributed by atoms with van der Waals surface area (Å²) in [5, 5.41) is 0. The molecule has 8 atom stereocenters. The Morgan fingerprint density at radius 3 is 1.88 bits per heavy atom. The fourth-order valence-corrected chi connectivity index (χ4v) is 5.31. The van der Waals surface area contributed by atoms with Crippen molar-refractivity contribution < 1.29 is 14.2 Å². The van der Waals surface area contributed by atoms with Crippen LogP contribution in [0.4, 0.5) is 0 Å². The molecule has 3 aliphatic heterocycles. The van der Waals surface area contributed by atoms with Gasteiger partial charge in [0.15, 0.2) is 12.6 Å². The van der Waals surface area contributed by atoms with Crippen molar-refractivity contribution in [3.05, 3.63) is 11.1 Å². The van der Waals surface area contributed by atoms with Crippen molar-refractivity contribution in [1.29, 1.82) is 0 Å². The molecule has 17 heavy (non-hydrogen) atoms. The van der Waals surface area contributed by atoms with Gasteiger partial charge in [-0.15, -0.1) is 0 Å². The number of allylic oxidation sites excluding steroid dienone is 1. The molecule has 92 valence electrons. The molecule has 0 N–H and O–H groups in total. The van der Waals surface area contributed by atoms with Crippen LogP contribution < -0.4 is 0 Å².